The Bertz CT molecular complexity index is 507. The number of hydrogen-bond donors (Lipinski definition) is 1. The third-order valence-electron chi connectivity index (χ3n) is 3.20. The molecule has 1 unspecified atom stereocenters. The van der Waals surface area contributed by atoms with Crippen molar-refractivity contribution in [2.45, 2.75) is 32.9 Å². The van der Waals surface area contributed by atoms with Crippen LogP contribution in [0.5, 0.6) is 0 Å². The number of nitro benzene ring substituents is 1. The van der Waals surface area contributed by atoms with E-state index >= 15 is 0 Å². The van der Waals surface area contributed by atoms with Gasteiger partial charge in [-0.05, 0) is 19.4 Å². The number of carboxylic acid groups (broad SMARTS) is 1. The predicted molar refractivity (Wildman–Crippen MR) is 75.9 cm³/mol. The third kappa shape index (κ3) is 4.18. The number of nitro groups is 1. The van der Waals surface area contributed by atoms with E-state index in [-0.39, 0.29) is 29.8 Å². The van der Waals surface area contributed by atoms with E-state index in [9.17, 15) is 14.9 Å². The first-order chi connectivity index (χ1) is 9.36. The van der Waals surface area contributed by atoms with Crippen LogP contribution < -0.4 is 0 Å². The highest BCUT2D eigenvalue weighted by molar-refractivity contribution is 6.31. The van der Waals surface area contributed by atoms with E-state index in [0.29, 0.717) is 5.56 Å². The molecule has 1 aromatic carbocycles. The summed E-state index contributed by atoms with van der Waals surface area (Å²) in [5, 5.41) is 20.3. The van der Waals surface area contributed by atoms with E-state index in [1.807, 2.05) is 13.8 Å². The topological polar surface area (TPSA) is 83.7 Å². The lowest BCUT2D eigenvalue weighted by atomic mass is 10.1. The molecule has 0 amide bonds. The molecule has 7 heteroatoms. The number of aliphatic carboxylic acids is 1. The molecule has 0 bridgehead atoms. The van der Waals surface area contributed by atoms with Crippen molar-refractivity contribution in [3.8, 4) is 0 Å². The van der Waals surface area contributed by atoms with Gasteiger partial charge in [0.1, 0.15) is 0 Å². The molecule has 0 spiro atoms. The van der Waals surface area contributed by atoms with Gasteiger partial charge in [-0.1, -0.05) is 24.6 Å². The lowest BCUT2D eigenvalue weighted by Crippen LogP contribution is -2.36. The number of carboxylic acids is 1. The molecule has 1 N–H and O–H groups in total. The molecule has 0 aliphatic rings. The molecule has 0 radical (unpaired) electrons. The normalized spacial score (nSPS) is 12.4. The lowest BCUT2D eigenvalue weighted by Gasteiger charge is -2.26. The maximum Gasteiger partial charge on any atom is 0.317 e. The van der Waals surface area contributed by atoms with Crippen LogP contribution in [-0.2, 0) is 11.3 Å². The minimum Gasteiger partial charge on any atom is -0.480 e. The van der Waals surface area contributed by atoms with Gasteiger partial charge in [0.25, 0.3) is 5.69 Å². The van der Waals surface area contributed by atoms with Crippen molar-refractivity contribution >= 4 is 23.3 Å². The van der Waals surface area contributed by atoms with Crippen LogP contribution in [0.1, 0.15) is 25.8 Å². The SMILES string of the molecule is CCC(C)N(CC(=O)O)Cc1c(Cl)cccc1[N+](=O)[O-]. The van der Waals surface area contributed by atoms with Gasteiger partial charge in [-0.3, -0.25) is 19.8 Å². The van der Waals surface area contributed by atoms with Crippen molar-refractivity contribution in [2.75, 3.05) is 6.54 Å². The van der Waals surface area contributed by atoms with Crippen LogP contribution in [0.2, 0.25) is 5.02 Å². The first-order valence-electron chi connectivity index (χ1n) is 6.24. The Labute approximate surface area is 122 Å². The average Bonchev–Trinajstić information content (AvgIpc) is 2.38. The standard InChI is InChI=1S/C13H17ClN2O4/c1-3-9(2)15(8-13(17)18)7-10-11(14)5-4-6-12(10)16(19)20/h4-6,9H,3,7-8H2,1-2H3,(H,17,18). The summed E-state index contributed by atoms with van der Waals surface area (Å²) in [6.45, 7) is 3.76. The second-order valence-corrected chi connectivity index (χ2v) is 4.96. The van der Waals surface area contributed by atoms with Gasteiger partial charge in [0.2, 0.25) is 0 Å². The number of benzene rings is 1. The lowest BCUT2D eigenvalue weighted by molar-refractivity contribution is -0.385. The summed E-state index contributed by atoms with van der Waals surface area (Å²) in [7, 11) is 0. The van der Waals surface area contributed by atoms with Crippen molar-refractivity contribution in [2.24, 2.45) is 0 Å². The van der Waals surface area contributed by atoms with E-state index in [4.69, 9.17) is 16.7 Å². The second-order valence-electron chi connectivity index (χ2n) is 4.55. The molecule has 0 aliphatic carbocycles. The average molecular weight is 301 g/mol. The van der Waals surface area contributed by atoms with Crippen LogP contribution in [0.25, 0.3) is 0 Å². The van der Waals surface area contributed by atoms with Gasteiger partial charge in [0.15, 0.2) is 0 Å². The highest BCUT2D eigenvalue weighted by Gasteiger charge is 2.23. The molecule has 6 nitrogen and oxygen atoms in total. The quantitative estimate of drug-likeness (QED) is 0.618. The summed E-state index contributed by atoms with van der Waals surface area (Å²) in [5.74, 6) is -0.972. The number of carbonyl (C=O) groups is 1. The fourth-order valence-electron chi connectivity index (χ4n) is 1.88. The van der Waals surface area contributed by atoms with Crippen LogP contribution in [0, 0.1) is 10.1 Å². The molecule has 110 valence electrons. The highest BCUT2D eigenvalue weighted by Crippen LogP contribution is 2.28. The minimum atomic E-state index is -0.972. The number of hydrogen-bond acceptors (Lipinski definition) is 4. The molecule has 0 saturated carbocycles. The van der Waals surface area contributed by atoms with Crippen LogP contribution in [-0.4, -0.2) is 33.5 Å². The van der Waals surface area contributed by atoms with Gasteiger partial charge in [0, 0.05) is 18.7 Å². The van der Waals surface area contributed by atoms with Crippen molar-refractivity contribution in [1.82, 2.24) is 4.90 Å². The van der Waals surface area contributed by atoms with Crippen LogP contribution >= 0.6 is 11.6 Å². The van der Waals surface area contributed by atoms with E-state index in [1.54, 1.807) is 11.0 Å². The van der Waals surface area contributed by atoms with Gasteiger partial charge < -0.3 is 5.11 Å². The molecule has 0 aromatic heterocycles. The Hall–Kier alpha value is -1.66. The zero-order chi connectivity index (χ0) is 15.3. The first-order valence-corrected chi connectivity index (χ1v) is 6.62. The maximum absolute atomic E-state index is 11.0. The number of nitrogens with zero attached hydrogens (tertiary/aromatic N) is 2. The van der Waals surface area contributed by atoms with Crippen LogP contribution in [0.4, 0.5) is 5.69 Å². The fraction of sp³-hybridized carbons (Fsp3) is 0.462. The number of halogens is 1. The van der Waals surface area contributed by atoms with Gasteiger partial charge in [-0.2, -0.15) is 0 Å². The summed E-state index contributed by atoms with van der Waals surface area (Å²) in [5.41, 5.74) is 0.261. The minimum absolute atomic E-state index is 0.0121. The molecule has 1 atom stereocenters. The Balaban J connectivity index is 3.10. The zero-order valence-corrected chi connectivity index (χ0v) is 12.1. The van der Waals surface area contributed by atoms with Crippen LogP contribution in [0.15, 0.2) is 18.2 Å². The van der Waals surface area contributed by atoms with Crippen molar-refractivity contribution in [1.29, 1.82) is 0 Å². The first kappa shape index (κ1) is 16.4. The molecule has 20 heavy (non-hydrogen) atoms. The summed E-state index contributed by atoms with van der Waals surface area (Å²) in [4.78, 5) is 23.1. The Morgan fingerprint density at radius 1 is 1.55 bits per heavy atom. The summed E-state index contributed by atoms with van der Waals surface area (Å²) in [6.07, 6.45) is 0.742. The molecule has 0 saturated heterocycles. The van der Waals surface area contributed by atoms with E-state index in [1.165, 1.54) is 12.1 Å². The Kier molecular flexibility index (Phi) is 5.91. The van der Waals surface area contributed by atoms with E-state index < -0.39 is 10.9 Å². The summed E-state index contributed by atoms with van der Waals surface area (Å²) in [6, 6.07) is 4.44. The maximum atomic E-state index is 11.0. The van der Waals surface area contributed by atoms with Crippen molar-refractivity contribution < 1.29 is 14.8 Å². The smallest absolute Gasteiger partial charge is 0.317 e. The fourth-order valence-corrected chi connectivity index (χ4v) is 2.11. The molecule has 0 heterocycles. The van der Waals surface area contributed by atoms with Gasteiger partial charge in [0.05, 0.1) is 22.1 Å². The molecule has 0 aliphatic heterocycles. The highest BCUT2D eigenvalue weighted by atomic mass is 35.5. The molecule has 1 aromatic rings. The Morgan fingerprint density at radius 3 is 2.70 bits per heavy atom. The molecular weight excluding hydrogens is 284 g/mol. The monoisotopic (exact) mass is 300 g/mol. The van der Waals surface area contributed by atoms with Gasteiger partial charge >= 0.3 is 5.97 Å². The molecular formula is C13H17ClN2O4. The second kappa shape index (κ2) is 7.21. The third-order valence-corrected chi connectivity index (χ3v) is 3.56. The zero-order valence-electron chi connectivity index (χ0n) is 11.4. The summed E-state index contributed by atoms with van der Waals surface area (Å²) >= 11 is 6.02. The van der Waals surface area contributed by atoms with Gasteiger partial charge in [-0.25, -0.2) is 0 Å². The van der Waals surface area contributed by atoms with E-state index in [2.05, 4.69) is 0 Å². The summed E-state index contributed by atoms with van der Waals surface area (Å²) < 4.78 is 0. The molecule has 0 fully saturated rings. The van der Waals surface area contributed by atoms with E-state index in [0.717, 1.165) is 6.42 Å². The van der Waals surface area contributed by atoms with Crippen molar-refractivity contribution in [3.63, 3.8) is 0 Å². The largest absolute Gasteiger partial charge is 0.480 e. The number of rotatable bonds is 7. The van der Waals surface area contributed by atoms with Gasteiger partial charge in [-0.15, -0.1) is 0 Å². The van der Waals surface area contributed by atoms with Crippen LogP contribution in [0.3, 0.4) is 0 Å². The Morgan fingerprint density at radius 2 is 2.20 bits per heavy atom. The molecule has 1 rings (SSSR count). The predicted octanol–water partition coefficient (Wildman–Crippen LogP) is 2.93. The van der Waals surface area contributed by atoms with Crippen molar-refractivity contribution in [3.05, 3.63) is 38.9 Å².